The van der Waals surface area contributed by atoms with Gasteiger partial charge in [0.2, 0.25) is 0 Å². The third-order valence-electron chi connectivity index (χ3n) is 2.84. The number of hydrogen-bond donors (Lipinski definition) is 1. The molecule has 0 aliphatic carbocycles. The average molecular weight is 255 g/mol. The van der Waals surface area contributed by atoms with Crippen molar-refractivity contribution >= 4 is 11.8 Å². The van der Waals surface area contributed by atoms with Crippen LogP contribution in [0.2, 0.25) is 0 Å². The summed E-state index contributed by atoms with van der Waals surface area (Å²) < 4.78 is 12.9. The predicted octanol–water partition coefficient (Wildman–Crippen LogP) is 3.87. The number of thioether (sulfide) groups is 1. The van der Waals surface area contributed by atoms with Gasteiger partial charge >= 0.3 is 0 Å². The molecule has 96 valence electrons. The molecule has 0 saturated heterocycles. The van der Waals surface area contributed by atoms with Crippen LogP contribution in [0.15, 0.2) is 24.3 Å². The Morgan fingerprint density at radius 2 is 1.94 bits per heavy atom. The molecule has 1 rings (SSSR count). The van der Waals surface area contributed by atoms with Crippen LogP contribution in [-0.4, -0.2) is 18.6 Å². The van der Waals surface area contributed by atoms with E-state index in [-0.39, 0.29) is 5.82 Å². The molecule has 0 spiro atoms. The Balaban J connectivity index is 2.77. The molecule has 3 heteroatoms. The van der Waals surface area contributed by atoms with Crippen LogP contribution in [0.4, 0.5) is 4.39 Å². The van der Waals surface area contributed by atoms with Gasteiger partial charge in [-0.3, -0.25) is 0 Å². The average Bonchev–Trinajstić information content (AvgIpc) is 2.32. The van der Waals surface area contributed by atoms with Crippen LogP contribution in [0.5, 0.6) is 0 Å². The zero-order chi connectivity index (χ0) is 12.7. The SMILES string of the molecule is CCCNC(c1ccc(F)cc1)C(C)CSC. The van der Waals surface area contributed by atoms with Gasteiger partial charge in [-0.05, 0) is 48.6 Å². The molecule has 1 aromatic carbocycles. The molecule has 2 atom stereocenters. The number of benzene rings is 1. The van der Waals surface area contributed by atoms with Gasteiger partial charge < -0.3 is 5.32 Å². The maximum Gasteiger partial charge on any atom is 0.123 e. The molecule has 0 heterocycles. The smallest absolute Gasteiger partial charge is 0.123 e. The molecular formula is C14H22FNS. The second kappa shape index (κ2) is 7.72. The zero-order valence-electron chi connectivity index (χ0n) is 10.9. The predicted molar refractivity (Wildman–Crippen MR) is 75.0 cm³/mol. The second-order valence-corrected chi connectivity index (χ2v) is 5.33. The van der Waals surface area contributed by atoms with E-state index < -0.39 is 0 Å². The van der Waals surface area contributed by atoms with Crippen molar-refractivity contribution in [3.63, 3.8) is 0 Å². The minimum Gasteiger partial charge on any atom is -0.310 e. The fourth-order valence-corrected chi connectivity index (χ4v) is 2.69. The Morgan fingerprint density at radius 1 is 1.29 bits per heavy atom. The number of nitrogens with one attached hydrogen (secondary N) is 1. The van der Waals surface area contributed by atoms with Gasteiger partial charge in [0, 0.05) is 6.04 Å². The molecule has 0 radical (unpaired) electrons. The van der Waals surface area contributed by atoms with E-state index in [1.54, 1.807) is 12.1 Å². The Labute approximate surface area is 108 Å². The second-order valence-electron chi connectivity index (χ2n) is 4.42. The lowest BCUT2D eigenvalue weighted by Gasteiger charge is -2.25. The van der Waals surface area contributed by atoms with E-state index in [0.29, 0.717) is 12.0 Å². The quantitative estimate of drug-likeness (QED) is 0.794. The third kappa shape index (κ3) is 4.68. The van der Waals surface area contributed by atoms with Crippen molar-refractivity contribution in [2.45, 2.75) is 26.3 Å². The molecule has 2 unspecified atom stereocenters. The van der Waals surface area contributed by atoms with Crippen LogP contribution in [0, 0.1) is 11.7 Å². The monoisotopic (exact) mass is 255 g/mol. The molecule has 0 saturated carbocycles. The molecule has 0 aromatic heterocycles. The lowest BCUT2D eigenvalue weighted by Crippen LogP contribution is -2.28. The lowest BCUT2D eigenvalue weighted by molar-refractivity contribution is 0.418. The van der Waals surface area contributed by atoms with E-state index in [9.17, 15) is 4.39 Å². The van der Waals surface area contributed by atoms with Gasteiger partial charge in [-0.15, -0.1) is 0 Å². The van der Waals surface area contributed by atoms with E-state index in [0.717, 1.165) is 18.7 Å². The topological polar surface area (TPSA) is 12.0 Å². The largest absolute Gasteiger partial charge is 0.310 e. The molecule has 1 nitrogen and oxygen atoms in total. The summed E-state index contributed by atoms with van der Waals surface area (Å²) in [5.41, 5.74) is 1.18. The molecule has 1 aromatic rings. The first kappa shape index (κ1) is 14.5. The first-order valence-electron chi connectivity index (χ1n) is 6.16. The molecular weight excluding hydrogens is 233 g/mol. The summed E-state index contributed by atoms with van der Waals surface area (Å²) in [7, 11) is 0. The van der Waals surface area contributed by atoms with Crippen molar-refractivity contribution in [2.24, 2.45) is 5.92 Å². The van der Waals surface area contributed by atoms with Crippen molar-refractivity contribution in [2.75, 3.05) is 18.6 Å². The molecule has 0 amide bonds. The fourth-order valence-electron chi connectivity index (χ4n) is 1.98. The third-order valence-corrected chi connectivity index (χ3v) is 3.70. The van der Waals surface area contributed by atoms with Gasteiger partial charge in [0.25, 0.3) is 0 Å². The summed E-state index contributed by atoms with van der Waals surface area (Å²) in [5, 5.41) is 3.55. The van der Waals surface area contributed by atoms with Gasteiger partial charge in [0.05, 0.1) is 0 Å². The van der Waals surface area contributed by atoms with Gasteiger partial charge in [0.15, 0.2) is 0 Å². The summed E-state index contributed by atoms with van der Waals surface area (Å²) in [6.45, 7) is 5.40. The highest BCUT2D eigenvalue weighted by molar-refractivity contribution is 7.98. The summed E-state index contributed by atoms with van der Waals surface area (Å²) in [6.07, 6.45) is 3.24. The maximum absolute atomic E-state index is 12.9. The molecule has 1 N–H and O–H groups in total. The molecule has 17 heavy (non-hydrogen) atoms. The minimum atomic E-state index is -0.166. The van der Waals surface area contributed by atoms with Crippen molar-refractivity contribution < 1.29 is 4.39 Å². The number of rotatable bonds is 7. The Bertz CT molecular complexity index is 313. The highest BCUT2D eigenvalue weighted by Crippen LogP contribution is 2.24. The van der Waals surface area contributed by atoms with Crippen LogP contribution in [0.25, 0.3) is 0 Å². The van der Waals surface area contributed by atoms with E-state index in [2.05, 4.69) is 25.4 Å². The first-order chi connectivity index (χ1) is 8.19. The highest BCUT2D eigenvalue weighted by atomic mass is 32.2. The van der Waals surface area contributed by atoms with Crippen molar-refractivity contribution in [3.05, 3.63) is 35.6 Å². The lowest BCUT2D eigenvalue weighted by atomic mass is 9.96. The minimum absolute atomic E-state index is 0.166. The first-order valence-corrected chi connectivity index (χ1v) is 7.56. The summed E-state index contributed by atoms with van der Waals surface area (Å²) in [6, 6.07) is 7.19. The van der Waals surface area contributed by atoms with Crippen LogP contribution in [0.3, 0.4) is 0 Å². The van der Waals surface area contributed by atoms with Gasteiger partial charge in [-0.2, -0.15) is 11.8 Å². The molecule has 0 aliphatic rings. The van der Waals surface area contributed by atoms with E-state index in [1.165, 1.54) is 5.56 Å². The highest BCUT2D eigenvalue weighted by Gasteiger charge is 2.17. The van der Waals surface area contributed by atoms with Crippen LogP contribution >= 0.6 is 11.8 Å². The van der Waals surface area contributed by atoms with Crippen molar-refractivity contribution in [3.8, 4) is 0 Å². The van der Waals surface area contributed by atoms with Crippen LogP contribution in [0.1, 0.15) is 31.9 Å². The summed E-state index contributed by atoms with van der Waals surface area (Å²) in [4.78, 5) is 0. The summed E-state index contributed by atoms with van der Waals surface area (Å²) >= 11 is 1.86. The Kier molecular flexibility index (Phi) is 6.60. The Hall–Kier alpha value is -0.540. The Morgan fingerprint density at radius 3 is 2.47 bits per heavy atom. The maximum atomic E-state index is 12.9. The van der Waals surface area contributed by atoms with E-state index >= 15 is 0 Å². The normalized spacial score (nSPS) is 14.6. The van der Waals surface area contributed by atoms with Crippen molar-refractivity contribution in [1.82, 2.24) is 5.32 Å². The van der Waals surface area contributed by atoms with E-state index in [1.807, 2.05) is 23.9 Å². The standard InChI is InChI=1S/C14H22FNS/c1-4-9-16-14(11(2)10-17-3)12-5-7-13(15)8-6-12/h5-8,11,14,16H,4,9-10H2,1-3H3. The van der Waals surface area contributed by atoms with E-state index in [4.69, 9.17) is 0 Å². The van der Waals surface area contributed by atoms with Crippen LogP contribution < -0.4 is 5.32 Å². The zero-order valence-corrected chi connectivity index (χ0v) is 11.7. The number of hydrogen-bond acceptors (Lipinski definition) is 2. The summed E-state index contributed by atoms with van der Waals surface area (Å²) in [5.74, 6) is 1.49. The molecule has 0 bridgehead atoms. The van der Waals surface area contributed by atoms with Gasteiger partial charge in [-0.1, -0.05) is 26.0 Å². The molecule has 0 fully saturated rings. The van der Waals surface area contributed by atoms with Crippen LogP contribution in [-0.2, 0) is 0 Å². The van der Waals surface area contributed by atoms with Crippen molar-refractivity contribution in [1.29, 1.82) is 0 Å². The number of halogens is 1. The van der Waals surface area contributed by atoms with Gasteiger partial charge in [-0.25, -0.2) is 4.39 Å². The van der Waals surface area contributed by atoms with Gasteiger partial charge in [0.1, 0.15) is 5.82 Å². The molecule has 0 aliphatic heterocycles. The fraction of sp³-hybridized carbons (Fsp3) is 0.571.